The Balaban J connectivity index is 1.68. The zero-order valence-electron chi connectivity index (χ0n) is 10.3. The number of hydrogen-bond donors (Lipinski definition) is 1. The van der Waals surface area contributed by atoms with Crippen LogP contribution in [0, 0.1) is 0 Å². The Labute approximate surface area is 98.5 Å². The van der Waals surface area contributed by atoms with Crippen LogP contribution in [0.15, 0.2) is 0 Å². The predicted octanol–water partition coefficient (Wildman–Crippen LogP) is 1.38. The summed E-state index contributed by atoms with van der Waals surface area (Å²) in [6.07, 6.45) is 8.11. The summed E-state index contributed by atoms with van der Waals surface area (Å²) < 4.78 is 5.48. The van der Waals surface area contributed by atoms with Gasteiger partial charge >= 0.3 is 0 Å². The summed E-state index contributed by atoms with van der Waals surface area (Å²) >= 11 is 0. The molecule has 3 aliphatic rings. The maximum absolute atomic E-state index is 5.48. The summed E-state index contributed by atoms with van der Waals surface area (Å²) in [7, 11) is 2.12. The van der Waals surface area contributed by atoms with Crippen molar-refractivity contribution in [2.75, 3.05) is 20.3 Å². The van der Waals surface area contributed by atoms with E-state index < -0.39 is 0 Å². The number of piperidine rings is 1. The van der Waals surface area contributed by atoms with E-state index in [1.165, 1.54) is 38.5 Å². The normalized spacial score (nSPS) is 41.4. The summed E-state index contributed by atoms with van der Waals surface area (Å²) in [6, 6.07) is 3.32. The van der Waals surface area contributed by atoms with Crippen molar-refractivity contribution >= 4 is 0 Å². The van der Waals surface area contributed by atoms with Crippen molar-refractivity contribution in [3.05, 3.63) is 0 Å². The first-order chi connectivity index (χ1) is 7.88. The minimum Gasteiger partial charge on any atom is -0.381 e. The molecule has 0 aromatic heterocycles. The Morgan fingerprint density at radius 1 is 0.938 bits per heavy atom. The van der Waals surface area contributed by atoms with Gasteiger partial charge in [0.15, 0.2) is 0 Å². The summed E-state index contributed by atoms with van der Waals surface area (Å²) in [4.78, 5) is 2.86. The number of nitrogens with zero attached hydrogens (tertiary/aromatic N) is 1. The number of rotatable bonds is 2. The fourth-order valence-electron chi connectivity index (χ4n) is 4.03. The lowest BCUT2D eigenvalue weighted by atomic mass is 9.93. The molecule has 0 amide bonds. The van der Waals surface area contributed by atoms with Gasteiger partial charge in [0.2, 0.25) is 0 Å². The van der Waals surface area contributed by atoms with Gasteiger partial charge in [-0.25, -0.2) is 0 Å². The highest BCUT2D eigenvalue weighted by molar-refractivity contribution is 5.00. The van der Waals surface area contributed by atoms with Crippen molar-refractivity contribution in [3.63, 3.8) is 0 Å². The Morgan fingerprint density at radius 3 is 2.12 bits per heavy atom. The number of ether oxygens (including phenoxy) is 1. The molecule has 1 N–H and O–H groups in total. The highest BCUT2D eigenvalue weighted by Crippen LogP contribution is 2.39. The van der Waals surface area contributed by atoms with Crippen molar-refractivity contribution in [2.45, 2.75) is 62.7 Å². The van der Waals surface area contributed by atoms with Crippen molar-refractivity contribution in [2.24, 2.45) is 0 Å². The largest absolute Gasteiger partial charge is 0.381 e. The second kappa shape index (κ2) is 4.63. The molecule has 3 aliphatic heterocycles. The van der Waals surface area contributed by atoms with Crippen LogP contribution in [-0.4, -0.2) is 49.3 Å². The lowest BCUT2D eigenvalue weighted by Gasteiger charge is -2.44. The van der Waals surface area contributed by atoms with E-state index in [-0.39, 0.29) is 0 Å². The van der Waals surface area contributed by atoms with Gasteiger partial charge in [0, 0.05) is 37.4 Å². The summed E-state index contributed by atoms with van der Waals surface area (Å²) in [5.74, 6) is 0. The van der Waals surface area contributed by atoms with E-state index in [1.807, 2.05) is 0 Å². The van der Waals surface area contributed by atoms with E-state index >= 15 is 0 Å². The zero-order valence-corrected chi connectivity index (χ0v) is 10.3. The third-order valence-electron chi connectivity index (χ3n) is 4.81. The van der Waals surface area contributed by atoms with Crippen molar-refractivity contribution in [1.29, 1.82) is 0 Å². The molecule has 2 unspecified atom stereocenters. The number of fused-ring (bicyclic) bond motifs is 2. The van der Waals surface area contributed by atoms with Gasteiger partial charge in [-0.05, 0) is 45.6 Å². The van der Waals surface area contributed by atoms with Crippen molar-refractivity contribution in [1.82, 2.24) is 10.2 Å². The van der Waals surface area contributed by atoms with Gasteiger partial charge in [-0.2, -0.15) is 0 Å². The molecule has 92 valence electrons. The van der Waals surface area contributed by atoms with Gasteiger partial charge in [0.25, 0.3) is 0 Å². The molecule has 0 aliphatic carbocycles. The number of nitrogens with one attached hydrogen (secondary N) is 1. The first-order valence-corrected chi connectivity index (χ1v) is 6.91. The predicted molar refractivity (Wildman–Crippen MR) is 64.6 cm³/mol. The molecular weight excluding hydrogens is 200 g/mol. The summed E-state index contributed by atoms with van der Waals surface area (Å²) in [5.41, 5.74) is 0. The lowest BCUT2D eigenvalue weighted by Crippen LogP contribution is -2.53. The average Bonchev–Trinajstić information content (AvgIpc) is 2.61. The van der Waals surface area contributed by atoms with Crippen LogP contribution >= 0.6 is 0 Å². The molecule has 3 fully saturated rings. The third kappa shape index (κ3) is 1.89. The van der Waals surface area contributed by atoms with E-state index in [4.69, 9.17) is 4.74 Å². The number of hydrogen-bond acceptors (Lipinski definition) is 3. The van der Waals surface area contributed by atoms with Crippen molar-refractivity contribution in [3.8, 4) is 0 Å². The molecule has 3 nitrogen and oxygen atoms in total. The molecule has 2 atom stereocenters. The van der Waals surface area contributed by atoms with E-state index in [9.17, 15) is 0 Å². The molecule has 16 heavy (non-hydrogen) atoms. The summed E-state index contributed by atoms with van der Waals surface area (Å²) in [5, 5.41) is 3.48. The first-order valence-electron chi connectivity index (χ1n) is 6.91. The highest BCUT2D eigenvalue weighted by atomic mass is 16.5. The van der Waals surface area contributed by atoms with Crippen LogP contribution in [0.3, 0.4) is 0 Å². The maximum Gasteiger partial charge on any atom is 0.0480 e. The van der Waals surface area contributed by atoms with Gasteiger partial charge in [-0.15, -0.1) is 0 Å². The topological polar surface area (TPSA) is 24.5 Å². The van der Waals surface area contributed by atoms with Gasteiger partial charge in [0.1, 0.15) is 0 Å². The lowest BCUT2D eigenvalue weighted by molar-refractivity contribution is -0.00444. The quantitative estimate of drug-likeness (QED) is 0.767. The smallest absolute Gasteiger partial charge is 0.0480 e. The average molecular weight is 224 g/mol. The summed E-state index contributed by atoms with van der Waals surface area (Å²) in [6.45, 7) is 1.96. The van der Waals surface area contributed by atoms with E-state index in [1.54, 1.807) is 0 Å². The minimum atomic E-state index is 0.772. The Morgan fingerprint density at radius 2 is 1.56 bits per heavy atom. The van der Waals surface area contributed by atoms with Crippen LogP contribution in [-0.2, 0) is 4.74 Å². The zero-order chi connectivity index (χ0) is 11.0. The fourth-order valence-corrected chi connectivity index (χ4v) is 4.03. The molecule has 3 rings (SSSR count). The minimum absolute atomic E-state index is 0.772. The maximum atomic E-state index is 5.48. The van der Waals surface area contributed by atoms with E-state index in [2.05, 4.69) is 17.3 Å². The van der Waals surface area contributed by atoms with Crippen LogP contribution in [0.1, 0.15) is 38.5 Å². The molecule has 0 aromatic carbocycles. The molecule has 0 spiro atoms. The SMILES string of the molecule is CNC1CC2CCC(C1)N2C1CCOCC1. The van der Waals surface area contributed by atoms with Gasteiger partial charge in [-0.1, -0.05) is 0 Å². The third-order valence-corrected chi connectivity index (χ3v) is 4.81. The molecule has 2 bridgehead atoms. The van der Waals surface area contributed by atoms with Gasteiger partial charge in [0.05, 0.1) is 0 Å². The van der Waals surface area contributed by atoms with Gasteiger partial charge < -0.3 is 10.1 Å². The molecular formula is C13H24N2O. The highest BCUT2D eigenvalue weighted by Gasteiger charge is 2.43. The Hall–Kier alpha value is -0.120. The second-order valence-electron chi connectivity index (χ2n) is 5.63. The Bertz CT molecular complexity index is 226. The van der Waals surface area contributed by atoms with Crippen LogP contribution in [0.2, 0.25) is 0 Å². The first kappa shape index (κ1) is 11.0. The molecule has 3 heterocycles. The second-order valence-corrected chi connectivity index (χ2v) is 5.63. The van der Waals surface area contributed by atoms with E-state index in [0.717, 1.165) is 37.4 Å². The van der Waals surface area contributed by atoms with Crippen LogP contribution < -0.4 is 5.32 Å². The molecule has 3 heteroatoms. The molecule has 3 saturated heterocycles. The van der Waals surface area contributed by atoms with Crippen LogP contribution in [0.5, 0.6) is 0 Å². The fraction of sp³-hybridized carbons (Fsp3) is 1.00. The van der Waals surface area contributed by atoms with Gasteiger partial charge in [-0.3, -0.25) is 4.90 Å². The van der Waals surface area contributed by atoms with Crippen LogP contribution in [0.25, 0.3) is 0 Å². The van der Waals surface area contributed by atoms with Crippen LogP contribution in [0.4, 0.5) is 0 Å². The molecule has 0 radical (unpaired) electrons. The Kier molecular flexibility index (Phi) is 3.18. The standard InChI is InChI=1S/C13H24N2O/c1-14-10-8-12-2-3-13(9-10)15(12)11-4-6-16-7-5-11/h10-14H,2-9H2,1H3. The molecule has 0 saturated carbocycles. The monoisotopic (exact) mass is 224 g/mol. The molecule has 0 aromatic rings. The van der Waals surface area contributed by atoms with E-state index in [0.29, 0.717) is 0 Å². The van der Waals surface area contributed by atoms with Crippen molar-refractivity contribution < 1.29 is 4.74 Å².